The summed E-state index contributed by atoms with van der Waals surface area (Å²) in [4.78, 5) is 4.30. The van der Waals surface area contributed by atoms with Crippen LogP contribution in [-0.2, 0) is 0 Å². The fourth-order valence-corrected chi connectivity index (χ4v) is 1.14. The molecular weight excluding hydrogens is 150 g/mol. The minimum Gasteiger partial charge on any atom is -0.478 e. The number of aromatic nitrogens is 1. The molecule has 0 atom stereocenters. The van der Waals surface area contributed by atoms with E-state index >= 15 is 0 Å². The largest absolute Gasteiger partial charge is 0.478 e. The Morgan fingerprint density at radius 3 is 2.58 bits per heavy atom. The molecule has 0 N–H and O–H groups in total. The van der Waals surface area contributed by atoms with Crippen molar-refractivity contribution in [2.75, 3.05) is 6.61 Å². The zero-order valence-corrected chi connectivity index (χ0v) is 8.14. The molecule has 1 aromatic rings. The zero-order chi connectivity index (χ0) is 9.14. The van der Waals surface area contributed by atoms with Crippen molar-refractivity contribution in [2.45, 2.75) is 27.7 Å². The van der Waals surface area contributed by atoms with Gasteiger partial charge >= 0.3 is 0 Å². The molecule has 0 saturated heterocycles. The summed E-state index contributed by atoms with van der Waals surface area (Å²) in [5.74, 6) is 0.773. The van der Waals surface area contributed by atoms with Gasteiger partial charge in [0.1, 0.15) is 0 Å². The summed E-state index contributed by atoms with van der Waals surface area (Å²) >= 11 is 0. The van der Waals surface area contributed by atoms with Crippen LogP contribution in [0.15, 0.2) is 6.07 Å². The number of ether oxygens (including phenoxy) is 1. The first-order valence-corrected chi connectivity index (χ1v) is 4.22. The maximum absolute atomic E-state index is 5.39. The third-order valence-electron chi connectivity index (χ3n) is 1.90. The van der Waals surface area contributed by atoms with Gasteiger partial charge in [-0.25, -0.2) is 4.98 Å². The summed E-state index contributed by atoms with van der Waals surface area (Å²) in [6, 6.07) is 2.07. The highest BCUT2D eigenvalue weighted by Gasteiger charge is 2.03. The van der Waals surface area contributed by atoms with E-state index in [1.807, 2.05) is 20.8 Å². The molecule has 0 aliphatic heterocycles. The maximum Gasteiger partial charge on any atom is 0.216 e. The van der Waals surface area contributed by atoms with Gasteiger partial charge in [-0.15, -0.1) is 0 Å². The predicted molar refractivity (Wildman–Crippen MR) is 49.6 cm³/mol. The lowest BCUT2D eigenvalue weighted by Crippen LogP contribution is -1.99. The van der Waals surface area contributed by atoms with Gasteiger partial charge in [-0.05, 0) is 39.3 Å². The van der Waals surface area contributed by atoms with Crippen molar-refractivity contribution in [3.8, 4) is 5.88 Å². The topological polar surface area (TPSA) is 22.1 Å². The normalized spacial score (nSPS) is 10.0. The Balaban J connectivity index is 3.09. The van der Waals surface area contributed by atoms with E-state index < -0.39 is 0 Å². The molecule has 0 aliphatic rings. The highest BCUT2D eigenvalue weighted by atomic mass is 16.5. The van der Waals surface area contributed by atoms with Gasteiger partial charge < -0.3 is 4.74 Å². The van der Waals surface area contributed by atoms with E-state index in [9.17, 15) is 0 Å². The van der Waals surface area contributed by atoms with Gasteiger partial charge in [0.05, 0.1) is 6.61 Å². The summed E-state index contributed by atoms with van der Waals surface area (Å²) in [6.07, 6.45) is 0. The molecule has 66 valence electrons. The Kier molecular flexibility index (Phi) is 2.69. The first-order valence-electron chi connectivity index (χ1n) is 4.22. The van der Waals surface area contributed by atoms with Crippen molar-refractivity contribution in [2.24, 2.45) is 0 Å². The van der Waals surface area contributed by atoms with Crippen molar-refractivity contribution in [1.82, 2.24) is 4.98 Å². The lowest BCUT2D eigenvalue weighted by molar-refractivity contribution is 0.323. The van der Waals surface area contributed by atoms with Crippen LogP contribution in [0, 0.1) is 20.8 Å². The average Bonchev–Trinajstić information content (AvgIpc) is 2.00. The molecule has 12 heavy (non-hydrogen) atoms. The molecule has 1 rings (SSSR count). The van der Waals surface area contributed by atoms with Gasteiger partial charge in [0.25, 0.3) is 0 Å². The van der Waals surface area contributed by atoms with Crippen molar-refractivity contribution >= 4 is 0 Å². The van der Waals surface area contributed by atoms with Crippen molar-refractivity contribution in [3.05, 3.63) is 22.9 Å². The Morgan fingerprint density at radius 2 is 2.00 bits per heavy atom. The van der Waals surface area contributed by atoms with Gasteiger partial charge in [-0.2, -0.15) is 0 Å². The second kappa shape index (κ2) is 3.57. The highest BCUT2D eigenvalue weighted by molar-refractivity contribution is 5.34. The van der Waals surface area contributed by atoms with Crippen LogP contribution in [0.3, 0.4) is 0 Å². The third kappa shape index (κ3) is 1.76. The molecule has 0 bridgehead atoms. The number of nitrogens with zero attached hydrogens (tertiary/aromatic N) is 1. The molecule has 0 amide bonds. The highest BCUT2D eigenvalue weighted by Crippen LogP contribution is 2.18. The maximum atomic E-state index is 5.39. The fourth-order valence-electron chi connectivity index (χ4n) is 1.14. The second-order valence-electron chi connectivity index (χ2n) is 2.94. The molecule has 0 unspecified atom stereocenters. The SMILES string of the molecule is CCOc1nc(C)cc(C)c1C. The Morgan fingerprint density at radius 1 is 1.33 bits per heavy atom. The molecule has 0 saturated carbocycles. The standard InChI is InChI=1S/C10H15NO/c1-5-12-10-9(4)7(2)6-8(3)11-10/h6H,5H2,1-4H3. The van der Waals surface area contributed by atoms with Crippen molar-refractivity contribution in [3.63, 3.8) is 0 Å². The van der Waals surface area contributed by atoms with Gasteiger partial charge in [-0.3, -0.25) is 0 Å². The number of aryl methyl sites for hydroxylation is 2. The fraction of sp³-hybridized carbons (Fsp3) is 0.500. The molecule has 2 nitrogen and oxygen atoms in total. The van der Waals surface area contributed by atoms with Crippen LogP contribution in [0.2, 0.25) is 0 Å². The van der Waals surface area contributed by atoms with Gasteiger partial charge in [0, 0.05) is 11.3 Å². The number of hydrogen-bond donors (Lipinski definition) is 0. The van der Waals surface area contributed by atoms with E-state index in [-0.39, 0.29) is 0 Å². The second-order valence-corrected chi connectivity index (χ2v) is 2.94. The average molecular weight is 165 g/mol. The molecule has 0 aliphatic carbocycles. The van der Waals surface area contributed by atoms with Crippen LogP contribution in [-0.4, -0.2) is 11.6 Å². The van der Waals surface area contributed by atoms with Crippen molar-refractivity contribution in [1.29, 1.82) is 0 Å². The predicted octanol–water partition coefficient (Wildman–Crippen LogP) is 2.41. The molecule has 0 fully saturated rings. The van der Waals surface area contributed by atoms with Crippen LogP contribution < -0.4 is 4.74 Å². The van der Waals surface area contributed by atoms with Crippen LogP contribution in [0.1, 0.15) is 23.7 Å². The molecular formula is C10H15NO. The van der Waals surface area contributed by atoms with E-state index in [0.717, 1.165) is 17.1 Å². The summed E-state index contributed by atoms with van der Waals surface area (Å²) < 4.78 is 5.39. The summed E-state index contributed by atoms with van der Waals surface area (Å²) in [6.45, 7) is 8.74. The summed E-state index contributed by atoms with van der Waals surface area (Å²) in [5.41, 5.74) is 3.40. The zero-order valence-electron chi connectivity index (χ0n) is 8.14. The van der Waals surface area contributed by atoms with Crippen LogP contribution in [0.4, 0.5) is 0 Å². The smallest absolute Gasteiger partial charge is 0.216 e. The monoisotopic (exact) mass is 165 g/mol. The minimum absolute atomic E-state index is 0.677. The van der Waals surface area contributed by atoms with E-state index in [0.29, 0.717) is 6.61 Å². The minimum atomic E-state index is 0.677. The van der Waals surface area contributed by atoms with E-state index in [2.05, 4.69) is 18.0 Å². The first-order chi connectivity index (χ1) is 5.65. The molecule has 0 radical (unpaired) electrons. The quantitative estimate of drug-likeness (QED) is 0.671. The van der Waals surface area contributed by atoms with Crippen LogP contribution >= 0.6 is 0 Å². The summed E-state index contributed by atoms with van der Waals surface area (Å²) in [5, 5.41) is 0. The van der Waals surface area contributed by atoms with Gasteiger partial charge in [-0.1, -0.05) is 0 Å². The molecule has 1 heterocycles. The number of pyridine rings is 1. The molecule has 1 aromatic heterocycles. The van der Waals surface area contributed by atoms with E-state index in [1.165, 1.54) is 5.56 Å². The molecule has 2 heteroatoms. The van der Waals surface area contributed by atoms with Crippen LogP contribution in [0.5, 0.6) is 5.88 Å². The van der Waals surface area contributed by atoms with E-state index in [1.54, 1.807) is 0 Å². The van der Waals surface area contributed by atoms with Gasteiger partial charge in [0.15, 0.2) is 0 Å². The third-order valence-corrected chi connectivity index (χ3v) is 1.90. The van der Waals surface area contributed by atoms with Crippen LogP contribution in [0.25, 0.3) is 0 Å². The first kappa shape index (κ1) is 9.04. The van der Waals surface area contributed by atoms with E-state index in [4.69, 9.17) is 4.74 Å². The summed E-state index contributed by atoms with van der Waals surface area (Å²) in [7, 11) is 0. The Hall–Kier alpha value is -1.05. The number of rotatable bonds is 2. The number of hydrogen-bond acceptors (Lipinski definition) is 2. The molecule has 0 aromatic carbocycles. The lowest BCUT2D eigenvalue weighted by atomic mass is 10.1. The lowest BCUT2D eigenvalue weighted by Gasteiger charge is -2.08. The molecule has 0 spiro atoms. The van der Waals surface area contributed by atoms with Crippen molar-refractivity contribution < 1.29 is 4.74 Å². The Labute approximate surface area is 73.6 Å². The Bertz CT molecular complexity index is 281. The van der Waals surface area contributed by atoms with Gasteiger partial charge in [0.2, 0.25) is 5.88 Å².